The summed E-state index contributed by atoms with van der Waals surface area (Å²) in [7, 11) is 0. The van der Waals surface area contributed by atoms with Gasteiger partial charge >= 0.3 is 5.97 Å². The zero-order valence-electron chi connectivity index (χ0n) is 20.1. The maximum Gasteiger partial charge on any atom is 0.344 e. The van der Waals surface area contributed by atoms with Gasteiger partial charge in [0.05, 0.1) is 12.3 Å². The number of aryl methyl sites for hydroxylation is 2. The van der Waals surface area contributed by atoms with Crippen molar-refractivity contribution in [1.82, 2.24) is 4.57 Å². The summed E-state index contributed by atoms with van der Waals surface area (Å²) in [5.74, 6) is 0.0797. The van der Waals surface area contributed by atoms with Crippen LogP contribution in [0.4, 0.5) is 0 Å². The minimum absolute atomic E-state index is 0.0753. The summed E-state index contributed by atoms with van der Waals surface area (Å²) in [6, 6.07) is 29.5. The minimum Gasteiger partial charge on any atom is -0.488 e. The fraction of sp³-hybridized carbons (Fsp3) is 0.200. The van der Waals surface area contributed by atoms with E-state index in [0.29, 0.717) is 36.6 Å². The first-order valence-electron chi connectivity index (χ1n) is 11.8. The number of benzene rings is 3. The number of para-hydroxylation sites is 1. The van der Waals surface area contributed by atoms with Crippen LogP contribution in [0.3, 0.4) is 0 Å². The van der Waals surface area contributed by atoms with E-state index in [1.165, 1.54) is 0 Å². The van der Waals surface area contributed by atoms with Crippen molar-refractivity contribution < 1.29 is 14.3 Å². The average Bonchev–Trinajstić information content (AvgIpc) is 2.88. The molecular weight excluding hydrogens is 438 g/mol. The van der Waals surface area contributed by atoms with Gasteiger partial charge in [-0.1, -0.05) is 72.8 Å². The normalized spacial score (nSPS) is 10.7. The highest BCUT2D eigenvalue weighted by Crippen LogP contribution is 2.31. The highest BCUT2D eigenvalue weighted by Gasteiger charge is 2.22. The van der Waals surface area contributed by atoms with Crippen molar-refractivity contribution in [2.75, 3.05) is 6.61 Å². The number of carbonyl (C=O) groups excluding carboxylic acids is 1. The Bertz CT molecular complexity index is 1340. The first kappa shape index (κ1) is 24.0. The van der Waals surface area contributed by atoms with Gasteiger partial charge in [0.1, 0.15) is 17.9 Å². The van der Waals surface area contributed by atoms with Crippen molar-refractivity contribution in [2.24, 2.45) is 0 Å². The lowest BCUT2D eigenvalue weighted by molar-refractivity contribution is 0.0522. The molecule has 1 heterocycles. The Morgan fingerprint density at radius 1 is 0.857 bits per heavy atom. The largest absolute Gasteiger partial charge is 0.488 e. The van der Waals surface area contributed by atoms with Gasteiger partial charge in [-0.25, -0.2) is 4.79 Å². The van der Waals surface area contributed by atoms with Gasteiger partial charge in [-0.3, -0.25) is 4.79 Å². The summed E-state index contributed by atoms with van der Waals surface area (Å²) < 4.78 is 13.0. The Hall–Kier alpha value is -4.12. The fourth-order valence-corrected chi connectivity index (χ4v) is 4.09. The van der Waals surface area contributed by atoms with Gasteiger partial charge in [-0.05, 0) is 55.2 Å². The van der Waals surface area contributed by atoms with Crippen molar-refractivity contribution in [3.8, 4) is 17.0 Å². The molecule has 3 aromatic carbocycles. The van der Waals surface area contributed by atoms with Crippen LogP contribution in [-0.4, -0.2) is 17.1 Å². The van der Waals surface area contributed by atoms with E-state index >= 15 is 0 Å². The predicted molar refractivity (Wildman–Crippen MR) is 138 cm³/mol. The molecule has 0 spiro atoms. The van der Waals surface area contributed by atoms with Crippen LogP contribution >= 0.6 is 0 Å². The smallest absolute Gasteiger partial charge is 0.344 e. The van der Waals surface area contributed by atoms with E-state index in [-0.39, 0.29) is 17.7 Å². The van der Waals surface area contributed by atoms with Gasteiger partial charge in [0.15, 0.2) is 0 Å². The van der Waals surface area contributed by atoms with Crippen LogP contribution in [-0.2, 0) is 24.3 Å². The number of esters is 1. The van der Waals surface area contributed by atoms with E-state index in [1.807, 2.05) is 91.0 Å². The lowest BCUT2D eigenvalue weighted by Gasteiger charge is -2.19. The topological polar surface area (TPSA) is 57.5 Å². The quantitative estimate of drug-likeness (QED) is 0.291. The summed E-state index contributed by atoms with van der Waals surface area (Å²) in [6.07, 6.45) is 0.645. The Kier molecular flexibility index (Phi) is 7.78. The molecular formula is C30H29NO4. The Morgan fingerprint density at radius 3 is 2.17 bits per heavy atom. The summed E-state index contributed by atoms with van der Waals surface area (Å²) >= 11 is 0. The number of hydrogen-bond donors (Lipinski definition) is 0. The Balaban J connectivity index is 1.77. The molecule has 0 fully saturated rings. The molecule has 4 aromatic rings. The number of aromatic nitrogens is 1. The number of pyridine rings is 1. The van der Waals surface area contributed by atoms with E-state index in [2.05, 4.69) is 0 Å². The maximum atomic E-state index is 13.6. The highest BCUT2D eigenvalue weighted by molar-refractivity contribution is 5.91. The fourth-order valence-electron chi connectivity index (χ4n) is 4.09. The SMILES string of the molecule is CCOC(=O)c1c(C)cc(-c2ccccc2OCc2ccccc2)n(CCc2ccccc2)c1=O. The molecule has 0 radical (unpaired) electrons. The van der Waals surface area contributed by atoms with E-state index < -0.39 is 5.97 Å². The Morgan fingerprint density at radius 2 is 1.49 bits per heavy atom. The molecule has 0 aliphatic heterocycles. The van der Waals surface area contributed by atoms with Crippen molar-refractivity contribution in [1.29, 1.82) is 0 Å². The molecule has 0 atom stereocenters. The van der Waals surface area contributed by atoms with E-state index in [4.69, 9.17) is 9.47 Å². The molecule has 1 aromatic heterocycles. The zero-order chi connectivity index (χ0) is 24.6. The predicted octanol–water partition coefficient (Wildman–Crippen LogP) is 5.82. The maximum absolute atomic E-state index is 13.6. The van der Waals surface area contributed by atoms with Gasteiger partial charge < -0.3 is 14.0 Å². The van der Waals surface area contributed by atoms with Crippen LogP contribution in [0.5, 0.6) is 5.75 Å². The summed E-state index contributed by atoms with van der Waals surface area (Å²) in [5, 5.41) is 0. The summed E-state index contributed by atoms with van der Waals surface area (Å²) in [6.45, 7) is 4.53. The van der Waals surface area contributed by atoms with Gasteiger partial charge in [-0.2, -0.15) is 0 Å². The number of carbonyl (C=O) groups is 1. The molecule has 35 heavy (non-hydrogen) atoms. The molecule has 4 rings (SSSR count). The second-order valence-corrected chi connectivity index (χ2v) is 8.27. The molecule has 5 nitrogen and oxygen atoms in total. The molecule has 0 unspecified atom stereocenters. The Labute approximate surface area is 205 Å². The lowest BCUT2D eigenvalue weighted by Crippen LogP contribution is -2.30. The average molecular weight is 468 g/mol. The number of hydrogen-bond acceptors (Lipinski definition) is 4. The van der Waals surface area contributed by atoms with Crippen molar-refractivity contribution in [3.63, 3.8) is 0 Å². The molecule has 0 bridgehead atoms. The van der Waals surface area contributed by atoms with Crippen LogP contribution in [0.2, 0.25) is 0 Å². The second-order valence-electron chi connectivity index (χ2n) is 8.27. The molecule has 0 aliphatic rings. The van der Waals surface area contributed by atoms with Gasteiger partial charge in [0, 0.05) is 12.1 Å². The van der Waals surface area contributed by atoms with E-state index in [0.717, 1.165) is 16.7 Å². The number of rotatable bonds is 9. The van der Waals surface area contributed by atoms with Crippen molar-refractivity contribution >= 4 is 5.97 Å². The lowest BCUT2D eigenvalue weighted by atomic mass is 10.0. The van der Waals surface area contributed by atoms with Crippen LogP contribution in [0, 0.1) is 6.92 Å². The third-order valence-corrected chi connectivity index (χ3v) is 5.84. The first-order chi connectivity index (χ1) is 17.1. The van der Waals surface area contributed by atoms with Crippen LogP contribution in [0.15, 0.2) is 95.8 Å². The molecule has 0 aliphatic carbocycles. The minimum atomic E-state index is -0.594. The third kappa shape index (κ3) is 5.69. The van der Waals surface area contributed by atoms with E-state index in [9.17, 15) is 9.59 Å². The third-order valence-electron chi connectivity index (χ3n) is 5.84. The molecule has 0 amide bonds. The molecule has 0 saturated carbocycles. The first-order valence-corrected chi connectivity index (χ1v) is 11.8. The second kappa shape index (κ2) is 11.3. The van der Waals surface area contributed by atoms with Crippen LogP contribution in [0.1, 0.15) is 34.0 Å². The van der Waals surface area contributed by atoms with Gasteiger partial charge in [0.2, 0.25) is 0 Å². The van der Waals surface area contributed by atoms with Gasteiger partial charge in [-0.15, -0.1) is 0 Å². The van der Waals surface area contributed by atoms with Crippen molar-refractivity contribution in [2.45, 2.75) is 33.4 Å². The molecule has 5 heteroatoms. The number of nitrogens with zero attached hydrogens (tertiary/aromatic N) is 1. The summed E-state index contributed by atoms with van der Waals surface area (Å²) in [4.78, 5) is 26.3. The van der Waals surface area contributed by atoms with Crippen LogP contribution in [0.25, 0.3) is 11.3 Å². The number of ether oxygens (including phenoxy) is 2. The molecule has 0 N–H and O–H groups in total. The van der Waals surface area contributed by atoms with Crippen LogP contribution < -0.4 is 10.3 Å². The molecule has 0 saturated heterocycles. The monoisotopic (exact) mass is 467 g/mol. The van der Waals surface area contributed by atoms with Crippen molar-refractivity contribution in [3.05, 3.63) is 124 Å². The van der Waals surface area contributed by atoms with Gasteiger partial charge in [0.25, 0.3) is 5.56 Å². The summed E-state index contributed by atoms with van der Waals surface area (Å²) in [5.41, 5.74) is 3.97. The standard InChI is InChI=1S/C30H29NO4/c1-3-34-30(33)28-22(2)20-26(31(29(28)32)19-18-23-12-6-4-7-13-23)25-16-10-11-17-27(25)35-21-24-14-8-5-9-15-24/h4-17,20H,3,18-19,21H2,1-2H3. The zero-order valence-corrected chi connectivity index (χ0v) is 20.1. The molecule has 178 valence electrons. The van der Waals surface area contributed by atoms with E-state index in [1.54, 1.807) is 18.4 Å². The highest BCUT2D eigenvalue weighted by atomic mass is 16.5.